The van der Waals surface area contributed by atoms with Gasteiger partial charge in [-0.15, -0.1) is 0 Å². The van der Waals surface area contributed by atoms with Gasteiger partial charge in [-0.3, -0.25) is 10.9 Å². The number of methoxy groups -OCH3 is 1. The molecule has 0 amide bonds. The summed E-state index contributed by atoms with van der Waals surface area (Å²) in [7, 11) is 1.70. The molecule has 1 fully saturated rings. The zero-order valence-corrected chi connectivity index (χ0v) is 11.0. The molecule has 2 atom stereocenters. The molecule has 4 heteroatoms. The molecular formula is C11H15IN2O. The lowest BCUT2D eigenvalue weighted by molar-refractivity contribution is 0.411. The molecule has 2 N–H and O–H groups in total. The Bertz CT molecular complexity index is 356. The molecule has 0 aromatic heterocycles. The van der Waals surface area contributed by atoms with Crippen molar-refractivity contribution in [1.82, 2.24) is 10.9 Å². The number of ether oxygens (including phenoxy) is 1. The zero-order valence-electron chi connectivity index (χ0n) is 8.88. The Kier molecular flexibility index (Phi) is 3.48. The first-order valence-electron chi connectivity index (χ1n) is 5.04. The van der Waals surface area contributed by atoms with Gasteiger partial charge in [-0.1, -0.05) is 13.0 Å². The normalized spacial score (nSPS) is 25.5. The summed E-state index contributed by atoms with van der Waals surface area (Å²) < 4.78 is 6.41. The van der Waals surface area contributed by atoms with Crippen molar-refractivity contribution >= 4 is 22.6 Å². The Morgan fingerprint density at radius 1 is 1.47 bits per heavy atom. The van der Waals surface area contributed by atoms with E-state index in [4.69, 9.17) is 4.74 Å². The number of hydrogen-bond acceptors (Lipinski definition) is 3. The van der Waals surface area contributed by atoms with E-state index in [-0.39, 0.29) is 0 Å². The van der Waals surface area contributed by atoms with Gasteiger partial charge in [-0.25, -0.2) is 0 Å². The zero-order chi connectivity index (χ0) is 10.8. The highest BCUT2D eigenvalue weighted by atomic mass is 127. The van der Waals surface area contributed by atoms with Gasteiger partial charge in [0.1, 0.15) is 5.75 Å². The number of rotatable bonds is 2. The molecule has 3 nitrogen and oxygen atoms in total. The summed E-state index contributed by atoms with van der Waals surface area (Å²) in [4.78, 5) is 0. The molecule has 1 saturated heterocycles. The predicted octanol–water partition coefficient (Wildman–Crippen LogP) is 2.08. The van der Waals surface area contributed by atoms with E-state index in [0.29, 0.717) is 12.0 Å². The van der Waals surface area contributed by atoms with Crippen LogP contribution in [0.15, 0.2) is 18.2 Å². The molecule has 0 bridgehead atoms. The first kappa shape index (κ1) is 11.2. The van der Waals surface area contributed by atoms with Crippen molar-refractivity contribution in [3.8, 4) is 5.75 Å². The Morgan fingerprint density at radius 2 is 2.27 bits per heavy atom. The molecule has 2 rings (SSSR count). The first-order valence-corrected chi connectivity index (χ1v) is 6.12. The fourth-order valence-electron chi connectivity index (χ4n) is 1.88. The van der Waals surface area contributed by atoms with Crippen molar-refractivity contribution < 1.29 is 4.74 Å². The summed E-state index contributed by atoms with van der Waals surface area (Å²) in [6.45, 7) is 3.27. The molecule has 1 heterocycles. The van der Waals surface area contributed by atoms with Crippen molar-refractivity contribution in [3.05, 3.63) is 27.3 Å². The van der Waals surface area contributed by atoms with E-state index in [2.05, 4.69) is 52.5 Å². The van der Waals surface area contributed by atoms with Crippen LogP contribution in [-0.4, -0.2) is 13.7 Å². The van der Waals surface area contributed by atoms with Crippen LogP contribution in [0.4, 0.5) is 0 Å². The van der Waals surface area contributed by atoms with E-state index in [9.17, 15) is 0 Å². The fourth-order valence-corrected chi connectivity index (χ4v) is 2.64. The van der Waals surface area contributed by atoms with Crippen LogP contribution in [-0.2, 0) is 0 Å². The summed E-state index contributed by atoms with van der Waals surface area (Å²) >= 11 is 2.31. The monoisotopic (exact) mass is 318 g/mol. The molecule has 0 aliphatic carbocycles. The summed E-state index contributed by atoms with van der Waals surface area (Å²) in [6, 6.07) is 6.75. The van der Waals surface area contributed by atoms with E-state index in [0.717, 1.165) is 15.9 Å². The molecule has 0 spiro atoms. The third-order valence-electron chi connectivity index (χ3n) is 2.79. The van der Waals surface area contributed by atoms with Crippen LogP contribution >= 0.6 is 22.6 Å². The van der Waals surface area contributed by atoms with E-state index in [1.807, 2.05) is 6.07 Å². The van der Waals surface area contributed by atoms with E-state index >= 15 is 0 Å². The number of benzene rings is 1. The van der Waals surface area contributed by atoms with Gasteiger partial charge in [0.25, 0.3) is 0 Å². The van der Waals surface area contributed by atoms with Crippen molar-refractivity contribution in [1.29, 1.82) is 0 Å². The Hall–Kier alpha value is -0.330. The van der Waals surface area contributed by atoms with Gasteiger partial charge < -0.3 is 4.74 Å². The minimum Gasteiger partial charge on any atom is -0.496 e. The van der Waals surface area contributed by atoms with Crippen LogP contribution in [0.5, 0.6) is 5.75 Å². The SMILES string of the molecule is COc1ccc(C2NNCC2C)cc1I. The van der Waals surface area contributed by atoms with E-state index in [1.54, 1.807) is 7.11 Å². The van der Waals surface area contributed by atoms with Gasteiger partial charge in [-0.2, -0.15) is 0 Å². The molecular weight excluding hydrogens is 303 g/mol. The van der Waals surface area contributed by atoms with Crippen molar-refractivity contribution in [2.45, 2.75) is 13.0 Å². The van der Waals surface area contributed by atoms with Gasteiger partial charge in [0, 0.05) is 6.54 Å². The van der Waals surface area contributed by atoms with Crippen molar-refractivity contribution in [2.75, 3.05) is 13.7 Å². The van der Waals surface area contributed by atoms with Crippen LogP contribution in [0.3, 0.4) is 0 Å². The van der Waals surface area contributed by atoms with Gasteiger partial charge >= 0.3 is 0 Å². The van der Waals surface area contributed by atoms with Crippen LogP contribution in [0.2, 0.25) is 0 Å². The van der Waals surface area contributed by atoms with Crippen molar-refractivity contribution in [3.63, 3.8) is 0 Å². The second kappa shape index (κ2) is 4.67. The molecule has 0 saturated carbocycles. The molecule has 1 aromatic rings. The molecule has 2 unspecified atom stereocenters. The van der Waals surface area contributed by atoms with Crippen LogP contribution in [0, 0.1) is 9.49 Å². The third kappa shape index (κ3) is 2.26. The third-order valence-corrected chi connectivity index (χ3v) is 3.63. The lowest BCUT2D eigenvalue weighted by Crippen LogP contribution is -2.24. The smallest absolute Gasteiger partial charge is 0.132 e. The molecule has 1 aliphatic heterocycles. The number of halogens is 1. The molecule has 0 radical (unpaired) electrons. The summed E-state index contributed by atoms with van der Waals surface area (Å²) in [5, 5.41) is 0. The molecule has 15 heavy (non-hydrogen) atoms. The number of nitrogens with one attached hydrogen (secondary N) is 2. The highest BCUT2D eigenvalue weighted by molar-refractivity contribution is 14.1. The topological polar surface area (TPSA) is 33.3 Å². The Labute approximate surface area is 104 Å². The van der Waals surface area contributed by atoms with Gasteiger partial charge in [-0.05, 0) is 46.2 Å². The fraction of sp³-hybridized carbons (Fsp3) is 0.455. The maximum absolute atomic E-state index is 5.25. The summed E-state index contributed by atoms with van der Waals surface area (Å²) in [6.07, 6.45) is 0. The molecule has 82 valence electrons. The molecule has 1 aliphatic rings. The summed E-state index contributed by atoms with van der Waals surface area (Å²) in [5.74, 6) is 1.56. The maximum atomic E-state index is 5.25. The average molecular weight is 318 g/mol. The largest absolute Gasteiger partial charge is 0.496 e. The van der Waals surface area contributed by atoms with Gasteiger partial charge in [0.2, 0.25) is 0 Å². The Balaban J connectivity index is 2.25. The Morgan fingerprint density at radius 3 is 2.80 bits per heavy atom. The minimum atomic E-state index is 0.407. The van der Waals surface area contributed by atoms with E-state index in [1.165, 1.54) is 5.56 Å². The number of hydrazine groups is 1. The van der Waals surface area contributed by atoms with E-state index < -0.39 is 0 Å². The average Bonchev–Trinajstić information content (AvgIpc) is 2.64. The van der Waals surface area contributed by atoms with Gasteiger partial charge in [0.05, 0.1) is 16.7 Å². The standard InChI is InChI=1S/C11H15IN2O/c1-7-6-13-14-11(7)8-3-4-10(15-2)9(12)5-8/h3-5,7,11,13-14H,6H2,1-2H3. The number of hydrogen-bond donors (Lipinski definition) is 2. The lowest BCUT2D eigenvalue weighted by Gasteiger charge is -2.16. The van der Waals surface area contributed by atoms with Crippen LogP contribution in [0.25, 0.3) is 0 Å². The quantitative estimate of drug-likeness (QED) is 0.819. The van der Waals surface area contributed by atoms with Crippen LogP contribution < -0.4 is 15.6 Å². The highest BCUT2D eigenvalue weighted by Crippen LogP contribution is 2.29. The van der Waals surface area contributed by atoms with Crippen LogP contribution in [0.1, 0.15) is 18.5 Å². The lowest BCUT2D eigenvalue weighted by atomic mass is 9.97. The first-order chi connectivity index (χ1) is 7.22. The second-order valence-electron chi connectivity index (χ2n) is 3.87. The minimum absolute atomic E-state index is 0.407. The molecule has 1 aromatic carbocycles. The second-order valence-corrected chi connectivity index (χ2v) is 5.04. The highest BCUT2D eigenvalue weighted by Gasteiger charge is 2.24. The van der Waals surface area contributed by atoms with Crippen molar-refractivity contribution in [2.24, 2.45) is 5.92 Å². The maximum Gasteiger partial charge on any atom is 0.132 e. The summed E-state index contributed by atoms with van der Waals surface area (Å²) in [5.41, 5.74) is 7.80. The predicted molar refractivity (Wildman–Crippen MR) is 68.8 cm³/mol. The van der Waals surface area contributed by atoms with Gasteiger partial charge in [0.15, 0.2) is 0 Å².